The molecule has 0 aromatic rings. The van der Waals surface area contributed by atoms with Crippen LogP contribution < -0.4 is 5.32 Å². The van der Waals surface area contributed by atoms with Gasteiger partial charge in [0.2, 0.25) is 0 Å². The zero-order valence-electron chi connectivity index (χ0n) is 9.36. The standard InChI is InChI=1S/C10H23NO3/c1-8(2)14-7-10(13)5-11-4-9(3)6-12/h8-13H,4-7H2,1-3H3. The lowest BCUT2D eigenvalue weighted by atomic mass is 10.2. The molecule has 0 spiro atoms. The van der Waals surface area contributed by atoms with E-state index in [0.29, 0.717) is 13.2 Å². The minimum absolute atomic E-state index is 0.154. The Morgan fingerprint density at radius 1 is 1.21 bits per heavy atom. The zero-order valence-corrected chi connectivity index (χ0v) is 9.36. The van der Waals surface area contributed by atoms with E-state index in [1.807, 2.05) is 20.8 Å². The number of aliphatic hydroxyl groups is 2. The van der Waals surface area contributed by atoms with Crippen LogP contribution in [0.3, 0.4) is 0 Å². The molecule has 0 saturated heterocycles. The van der Waals surface area contributed by atoms with E-state index in [1.165, 1.54) is 0 Å². The van der Waals surface area contributed by atoms with Gasteiger partial charge in [-0.1, -0.05) is 6.92 Å². The molecular weight excluding hydrogens is 182 g/mol. The molecule has 0 bridgehead atoms. The van der Waals surface area contributed by atoms with E-state index < -0.39 is 6.10 Å². The molecule has 14 heavy (non-hydrogen) atoms. The number of rotatable bonds is 8. The van der Waals surface area contributed by atoms with Crippen LogP contribution in [0.4, 0.5) is 0 Å². The summed E-state index contributed by atoms with van der Waals surface area (Å²) in [6.45, 7) is 7.59. The number of hydrogen-bond acceptors (Lipinski definition) is 4. The third-order valence-corrected chi connectivity index (χ3v) is 1.81. The zero-order chi connectivity index (χ0) is 11.0. The third-order valence-electron chi connectivity index (χ3n) is 1.81. The van der Waals surface area contributed by atoms with Crippen molar-refractivity contribution in [2.75, 3.05) is 26.3 Å². The summed E-state index contributed by atoms with van der Waals surface area (Å²) in [6.07, 6.45) is -0.315. The molecule has 0 radical (unpaired) electrons. The fourth-order valence-corrected chi connectivity index (χ4v) is 0.923. The Labute approximate surface area is 86.3 Å². The number of hydrogen-bond donors (Lipinski definition) is 3. The largest absolute Gasteiger partial charge is 0.396 e. The molecule has 0 aliphatic carbocycles. The Bertz CT molecular complexity index is 131. The highest BCUT2D eigenvalue weighted by Gasteiger charge is 2.06. The predicted octanol–water partition coefficient (Wildman–Crippen LogP) is -0.00970. The van der Waals surface area contributed by atoms with Crippen molar-refractivity contribution in [1.82, 2.24) is 5.32 Å². The minimum Gasteiger partial charge on any atom is -0.396 e. The molecule has 4 nitrogen and oxygen atoms in total. The summed E-state index contributed by atoms with van der Waals surface area (Å²) in [6, 6.07) is 0. The van der Waals surface area contributed by atoms with Crippen LogP contribution in [0.5, 0.6) is 0 Å². The van der Waals surface area contributed by atoms with Gasteiger partial charge in [0.1, 0.15) is 0 Å². The van der Waals surface area contributed by atoms with Crippen molar-refractivity contribution in [3.63, 3.8) is 0 Å². The lowest BCUT2D eigenvalue weighted by molar-refractivity contribution is 0.00602. The van der Waals surface area contributed by atoms with E-state index in [2.05, 4.69) is 5.32 Å². The van der Waals surface area contributed by atoms with Gasteiger partial charge in [-0.05, 0) is 26.3 Å². The summed E-state index contributed by atoms with van der Waals surface area (Å²) < 4.78 is 5.25. The van der Waals surface area contributed by atoms with E-state index in [9.17, 15) is 5.11 Å². The molecule has 2 unspecified atom stereocenters. The summed E-state index contributed by atoms with van der Waals surface area (Å²) in [7, 11) is 0. The molecular formula is C10H23NO3. The molecule has 0 aliphatic heterocycles. The Kier molecular flexibility index (Phi) is 8.08. The first-order valence-corrected chi connectivity index (χ1v) is 5.17. The van der Waals surface area contributed by atoms with Crippen molar-refractivity contribution in [2.45, 2.75) is 33.0 Å². The maximum Gasteiger partial charge on any atom is 0.0897 e. The number of nitrogens with one attached hydrogen (secondary N) is 1. The number of ether oxygens (including phenoxy) is 1. The Hall–Kier alpha value is -0.160. The van der Waals surface area contributed by atoms with Crippen molar-refractivity contribution in [1.29, 1.82) is 0 Å². The van der Waals surface area contributed by atoms with Crippen molar-refractivity contribution in [3.05, 3.63) is 0 Å². The van der Waals surface area contributed by atoms with Crippen molar-refractivity contribution >= 4 is 0 Å². The van der Waals surface area contributed by atoms with Gasteiger partial charge in [0.25, 0.3) is 0 Å². The first-order chi connectivity index (χ1) is 6.56. The first-order valence-electron chi connectivity index (χ1n) is 5.17. The van der Waals surface area contributed by atoms with E-state index in [-0.39, 0.29) is 18.6 Å². The smallest absolute Gasteiger partial charge is 0.0897 e. The Balaban J connectivity index is 3.30. The van der Waals surface area contributed by atoms with Crippen molar-refractivity contribution in [3.8, 4) is 0 Å². The van der Waals surface area contributed by atoms with Crippen LogP contribution >= 0.6 is 0 Å². The van der Waals surface area contributed by atoms with E-state index in [1.54, 1.807) is 0 Å². The number of aliphatic hydroxyl groups excluding tert-OH is 2. The van der Waals surface area contributed by atoms with Crippen LogP contribution in [0.1, 0.15) is 20.8 Å². The summed E-state index contributed by atoms with van der Waals surface area (Å²) in [5, 5.41) is 21.3. The average Bonchev–Trinajstić information content (AvgIpc) is 2.14. The molecule has 0 fully saturated rings. The first kappa shape index (κ1) is 13.8. The van der Waals surface area contributed by atoms with Crippen molar-refractivity contribution < 1.29 is 14.9 Å². The van der Waals surface area contributed by atoms with E-state index >= 15 is 0 Å². The van der Waals surface area contributed by atoms with Gasteiger partial charge in [-0.25, -0.2) is 0 Å². The predicted molar refractivity (Wildman–Crippen MR) is 56.2 cm³/mol. The molecule has 0 saturated carbocycles. The van der Waals surface area contributed by atoms with Crippen LogP contribution in [-0.2, 0) is 4.74 Å². The van der Waals surface area contributed by atoms with E-state index in [4.69, 9.17) is 9.84 Å². The SMILES string of the molecule is CC(CO)CNCC(O)COC(C)C. The highest BCUT2D eigenvalue weighted by molar-refractivity contribution is 4.61. The molecule has 0 rings (SSSR count). The lowest BCUT2D eigenvalue weighted by Gasteiger charge is -2.15. The normalized spacial score (nSPS) is 15.9. The molecule has 4 heteroatoms. The van der Waals surface area contributed by atoms with Crippen LogP contribution in [0.2, 0.25) is 0 Å². The second-order valence-electron chi connectivity index (χ2n) is 3.98. The van der Waals surface area contributed by atoms with Gasteiger partial charge in [-0.15, -0.1) is 0 Å². The van der Waals surface area contributed by atoms with E-state index in [0.717, 1.165) is 6.54 Å². The highest BCUT2D eigenvalue weighted by atomic mass is 16.5. The molecule has 0 aliphatic rings. The maximum atomic E-state index is 9.43. The molecule has 0 amide bonds. The van der Waals surface area contributed by atoms with Crippen LogP contribution in [0.15, 0.2) is 0 Å². The van der Waals surface area contributed by atoms with Crippen LogP contribution in [0.25, 0.3) is 0 Å². The molecule has 0 heterocycles. The van der Waals surface area contributed by atoms with Gasteiger partial charge in [0, 0.05) is 13.2 Å². The molecule has 2 atom stereocenters. The second-order valence-corrected chi connectivity index (χ2v) is 3.98. The fourth-order valence-electron chi connectivity index (χ4n) is 0.923. The average molecular weight is 205 g/mol. The summed E-state index contributed by atoms with van der Waals surface area (Å²) in [5.74, 6) is 0.230. The van der Waals surface area contributed by atoms with Gasteiger partial charge < -0.3 is 20.3 Å². The minimum atomic E-state index is -0.469. The van der Waals surface area contributed by atoms with Gasteiger partial charge >= 0.3 is 0 Å². The van der Waals surface area contributed by atoms with Gasteiger partial charge in [0.05, 0.1) is 18.8 Å². The Morgan fingerprint density at radius 3 is 2.36 bits per heavy atom. The summed E-state index contributed by atoms with van der Waals surface area (Å²) in [5.41, 5.74) is 0. The molecule has 0 aromatic carbocycles. The van der Waals surface area contributed by atoms with Gasteiger partial charge in [-0.2, -0.15) is 0 Å². The van der Waals surface area contributed by atoms with Gasteiger partial charge in [-0.3, -0.25) is 0 Å². The topological polar surface area (TPSA) is 61.7 Å². The quantitative estimate of drug-likeness (QED) is 0.521. The monoisotopic (exact) mass is 205 g/mol. The molecule has 86 valence electrons. The van der Waals surface area contributed by atoms with Crippen LogP contribution in [-0.4, -0.2) is 48.7 Å². The lowest BCUT2D eigenvalue weighted by Crippen LogP contribution is -2.34. The molecule has 3 N–H and O–H groups in total. The van der Waals surface area contributed by atoms with Crippen LogP contribution in [0, 0.1) is 5.92 Å². The summed E-state index contributed by atoms with van der Waals surface area (Å²) in [4.78, 5) is 0. The maximum absolute atomic E-state index is 9.43. The highest BCUT2D eigenvalue weighted by Crippen LogP contribution is 1.92. The second kappa shape index (κ2) is 8.17. The van der Waals surface area contributed by atoms with Gasteiger partial charge in [0.15, 0.2) is 0 Å². The Morgan fingerprint density at radius 2 is 1.86 bits per heavy atom. The summed E-state index contributed by atoms with van der Waals surface area (Å²) >= 11 is 0. The molecule has 0 aromatic heterocycles. The third kappa shape index (κ3) is 8.44. The fraction of sp³-hybridized carbons (Fsp3) is 1.00. The van der Waals surface area contributed by atoms with Crippen molar-refractivity contribution in [2.24, 2.45) is 5.92 Å².